The second-order valence-electron chi connectivity index (χ2n) is 6.64. The van der Waals surface area contributed by atoms with E-state index in [0.29, 0.717) is 0 Å². The fourth-order valence-electron chi connectivity index (χ4n) is 3.37. The highest BCUT2D eigenvalue weighted by Gasteiger charge is 2.17. The molecule has 108 valence electrons. The topological polar surface area (TPSA) is 29.3 Å². The monoisotopic (exact) mass is 254 g/mol. The number of nitrogens with two attached hydrogens (primary N) is 1. The normalized spacial score (nSPS) is 19.0. The van der Waals surface area contributed by atoms with Gasteiger partial charge < -0.3 is 10.6 Å². The van der Waals surface area contributed by atoms with E-state index in [1.807, 2.05) is 0 Å². The van der Waals surface area contributed by atoms with Crippen molar-refractivity contribution in [2.45, 2.75) is 58.8 Å². The second-order valence-corrected chi connectivity index (χ2v) is 6.64. The summed E-state index contributed by atoms with van der Waals surface area (Å²) >= 11 is 0. The van der Waals surface area contributed by atoms with Gasteiger partial charge in [0.05, 0.1) is 0 Å². The second kappa shape index (κ2) is 8.92. The number of hydrogen-bond donors (Lipinski definition) is 1. The summed E-state index contributed by atoms with van der Waals surface area (Å²) in [5.74, 6) is 2.60. The van der Waals surface area contributed by atoms with Crippen LogP contribution in [0, 0.1) is 17.8 Å². The molecule has 0 aromatic carbocycles. The van der Waals surface area contributed by atoms with Gasteiger partial charge in [-0.05, 0) is 70.0 Å². The molecule has 0 aromatic rings. The Morgan fingerprint density at radius 1 is 1.17 bits per heavy atom. The summed E-state index contributed by atoms with van der Waals surface area (Å²) < 4.78 is 0. The van der Waals surface area contributed by atoms with Gasteiger partial charge in [0, 0.05) is 6.54 Å². The number of rotatable bonds is 9. The highest BCUT2D eigenvalue weighted by molar-refractivity contribution is 4.71. The zero-order chi connectivity index (χ0) is 13.4. The first-order valence-corrected chi connectivity index (χ1v) is 8.02. The minimum absolute atomic E-state index is 0.786. The molecule has 1 aliphatic rings. The molecule has 1 fully saturated rings. The van der Waals surface area contributed by atoms with Crippen LogP contribution in [0.15, 0.2) is 0 Å². The Morgan fingerprint density at radius 2 is 1.83 bits per heavy atom. The van der Waals surface area contributed by atoms with E-state index >= 15 is 0 Å². The first-order valence-electron chi connectivity index (χ1n) is 8.02. The minimum Gasteiger partial charge on any atom is -0.330 e. The molecule has 0 aromatic heterocycles. The molecule has 0 amide bonds. The third-order valence-corrected chi connectivity index (χ3v) is 4.64. The Kier molecular flexibility index (Phi) is 7.92. The molecule has 0 radical (unpaired) electrons. The van der Waals surface area contributed by atoms with Gasteiger partial charge in [-0.3, -0.25) is 0 Å². The first kappa shape index (κ1) is 16.0. The van der Waals surface area contributed by atoms with E-state index in [4.69, 9.17) is 5.73 Å². The van der Waals surface area contributed by atoms with E-state index in [0.717, 1.165) is 24.3 Å². The Bertz CT molecular complexity index is 197. The van der Waals surface area contributed by atoms with Gasteiger partial charge in [0.2, 0.25) is 0 Å². The smallest absolute Gasteiger partial charge is 0.000661 e. The lowest BCUT2D eigenvalue weighted by atomic mass is 9.88. The molecule has 0 bridgehead atoms. The molecule has 1 rings (SSSR count). The zero-order valence-electron chi connectivity index (χ0n) is 12.8. The van der Waals surface area contributed by atoms with Crippen LogP contribution in [0.4, 0.5) is 0 Å². The predicted molar refractivity (Wildman–Crippen MR) is 80.7 cm³/mol. The van der Waals surface area contributed by atoms with Crippen LogP contribution in [0.5, 0.6) is 0 Å². The third-order valence-electron chi connectivity index (χ3n) is 4.64. The summed E-state index contributed by atoms with van der Waals surface area (Å²) in [6, 6.07) is 0. The van der Waals surface area contributed by atoms with Crippen LogP contribution in [0.25, 0.3) is 0 Å². The van der Waals surface area contributed by atoms with E-state index in [1.165, 1.54) is 58.0 Å². The standard InChI is InChI=1S/C16H34N2/c1-14(2)16(10-11-17)9-6-12-18(3)13-15-7-4-5-8-15/h14-16H,4-13,17H2,1-3H3. The summed E-state index contributed by atoms with van der Waals surface area (Å²) in [5.41, 5.74) is 5.70. The van der Waals surface area contributed by atoms with Crippen molar-refractivity contribution >= 4 is 0 Å². The highest BCUT2D eigenvalue weighted by Crippen LogP contribution is 2.25. The Labute approximate surface area is 114 Å². The van der Waals surface area contributed by atoms with Gasteiger partial charge >= 0.3 is 0 Å². The van der Waals surface area contributed by atoms with Gasteiger partial charge in [-0.15, -0.1) is 0 Å². The summed E-state index contributed by atoms with van der Waals surface area (Å²) in [5, 5.41) is 0. The van der Waals surface area contributed by atoms with Crippen LogP contribution in [0.2, 0.25) is 0 Å². The van der Waals surface area contributed by atoms with Crippen molar-refractivity contribution < 1.29 is 0 Å². The highest BCUT2D eigenvalue weighted by atomic mass is 15.1. The van der Waals surface area contributed by atoms with Crippen molar-refractivity contribution in [3.63, 3.8) is 0 Å². The number of nitrogens with zero attached hydrogens (tertiary/aromatic N) is 1. The fraction of sp³-hybridized carbons (Fsp3) is 1.00. The molecule has 2 N–H and O–H groups in total. The van der Waals surface area contributed by atoms with Gasteiger partial charge in [0.1, 0.15) is 0 Å². The Balaban J connectivity index is 2.10. The molecular weight excluding hydrogens is 220 g/mol. The molecule has 1 saturated carbocycles. The maximum absolute atomic E-state index is 5.70. The molecular formula is C16H34N2. The van der Waals surface area contributed by atoms with E-state index in [-0.39, 0.29) is 0 Å². The van der Waals surface area contributed by atoms with Crippen LogP contribution in [0.3, 0.4) is 0 Å². The van der Waals surface area contributed by atoms with Crippen molar-refractivity contribution in [2.24, 2.45) is 23.5 Å². The molecule has 0 aliphatic heterocycles. The summed E-state index contributed by atoms with van der Waals surface area (Å²) in [4.78, 5) is 2.55. The lowest BCUT2D eigenvalue weighted by Gasteiger charge is -2.24. The van der Waals surface area contributed by atoms with Crippen LogP contribution in [-0.2, 0) is 0 Å². The average molecular weight is 254 g/mol. The molecule has 2 heteroatoms. The number of hydrogen-bond acceptors (Lipinski definition) is 2. The van der Waals surface area contributed by atoms with Crippen molar-refractivity contribution in [3.05, 3.63) is 0 Å². The van der Waals surface area contributed by atoms with Gasteiger partial charge in [-0.2, -0.15) is 0 Å². The molecule has 18 heavy (non-hydrogen) atoms. The molecule has 1 aliphatic carbocycles. The molecule has 0 saturated heterocycles. The molecule has 0 spiro atoms. The Morgan fingerprint density at radius 3 is 2.39 bits per heavy atom. The van der Waals surface area contributed by atoms with E-state index in [2.05, 4.69) is 25.8 Å². The predicted octanol–water partition coefficient (Wildman–Crippen LogP) is 3.51. The van der Waals surface area contributed by atoms with Crippen LogP contribution < -0.4 is 5.73 Å². The van der Waals surface area contributed by atoms with Crippen LogP contribution in [0.1, 0.15) is 58.8 Å². The molecule has 2 nitrogen and oxygen atoms in total. The summed E-state index contributed by atoms with van der Waals surface area (Å²) in [7, 11) is 2.30. The van der Waals surface area contributed by atoms with E-state index in [9.17, 15) is 0 Å². The van der Waals surface area contributed by atoms with E-state index < -0.39 is 0 Å². The lowest BCUT2D eigenvalue weighted by molar-refractivity contribution is 0.252. The van der Waals surface area contributed by atoms with Gasteiger partial charge in [0.25, 0.3) is 0 Å². The third kappa shape index (κ3) is 6.19. The van der Waals surface area contributed by atoms with Gasteiger partial charge in [-0.25, -0.2) is 0 Å². The maximum atomic E-state index is 5.70. The first-order chi connectivity index (χ1) is 8.63. The van der Waals surface area contributed by atoms with Gasteiger partial charge in [-0.1, -0.05) is 26.7 Å². The largest absolute Gasteiger partial charge is 0.330 e. The van der Waals surface area contributed by atoms with Crippen LogP contribution in [-0.4, -0.2) is 31.6 Å². The van der Waals surface area contributed by atoms with Crippen molar-refractivity contribution in [3.8, 4) is 0 Å². The summed E-state index contributed by atoms with van der Waals surface area (Å²) in [6.45, 7) is 8.11. The van der Waals surface area contributed by atoms with Crippen LogP contribution >= 0.6 is 0 Å². The zero-order valence-corrected chi connectivity index (χ0v) is 12.8. The Hall–Kier alpha value is -0.0800. The van der Waals surface area contributed by atoms with Gasteiger partial charge in [0.15, 0.2) is 0 Å². The van der Waals surface area contributed by atoms with Crippen molar-refractivity contribution in [1.82, 2.24) is 4.90 Å². The lowest BCUT2D eigenvalue weighted by Crippen LogP contribution is -2.26. The van der Waals surface area contributed by atoms with E-state index in [1.54, 1.807) is 0 Å². The molecule has 0 heterocycles. The molecule has 1 atom stereocenters. The van der Waals surface area contributed by atoms with Crippen molar-refractivity contribution in [2.75, 3.05) is 26.7 Å². The minimum atomic E-state index is 0.786. The quantitative estimate of drug-likeness (QED) is 0.682. The average Bonchev–Trinajstić information content (AvgIpc) is 2.80. The summed E-state index contributed by atoms with van der Waals surface area (Å²) in [6.07, 6.45) is 9.74. The SMILES string of the molecule is CC(C)C(CCN)CCCN(C)CC1CCCC1. The molecule has 1 unspecified atom stereocenters. The fourth-order valence-corrected chi connectivity index (χ4v) is 3.37. The maximum Gasteiger partial charge on any atom is 0.000661 e. The van der Waals surface area contributed by atoms with Crippen molar-refractivity contribution in [1.29, 1.82) is 0 Å².